The zero-order chi connectivity index (χ0) is 15.5. The first-order chi connectivity index (χ1) is 9.60. The van der Waals surface area contributed by atoms with E-state index in [1.54, 1.807) is 0 Å². The summed E-state index contributed by atoms with van der Waals surface area (Å²) < 4.78 is 0. The number of hydrogen-bond donors (Lipinski definition) is 1. The van der Waals surface area contributed by atoms with Gasteiger partial charge in [0.15, 0.2) is 0 Å². The van der Waals surface area contributed by atoms with E-state index in [2.05, 4.69) is 19.2 Å². The second kappa shape index (κ2) is 10.8. The van der Waals surface area contributed by atoms with E-state index < -0.39 is 0 Å². The molecule has 1 N–H and O–H groups in total. The zero-order valence-electron chi connectivity index (χ0n) is 14.3. The Kier molecular flexibility index (Phi) is 10.2. The summed E-state index contributed by atoms with van der Waals surface area (Å²) in [7, 11) is 1.94. The van der Waals surface area contributed by atoms with E-state index >= 15 is 0 Å². The molecule has 0 saturated heterocycles. The van der Waals surface area contributed by atoms with Crippen molar-refractivity contribution in [3.63, 3.8) is 0 Å². The number of carbonyl (C=O) groups excluding carboxylic acids is 1. The molecule has 20 heavy (non-hydrogen) atoms. The number of nitrogens with zero attached hydrogens (tertiary/aromatic N) is 1. The van der Waals surface area contributed by atoms with Crippen molar-refractivity contribution in [3.05, 3.63) is 11.8 Å². The monoisotopic (exact) mass is 282 g/mol. The second-order valence-electron chi connectivity index (χ2n) is 5.46. The minimum atomic E-state index is 0.144. The minimum Gasteiger partial charge on any atom is -0.381 e. The van der Waals surface area contributed by atoms with Gasteiger partial charge in [-0.25, -0.2) is 0 Å². The van der Waals surface area contributed by atoms with Crippen molar-refractivity contribution in [1.29, 1.82) is 0 Å². The van der Waals surface area contributed by atoms with Crippen LogP contribution >= 0.6 is 0 Å². The van der Waals surface area contributed by atoms with Crippen molar-refractivity contribution in [2.45, 2.75) is 72.8 Å². The fourth-order valence-electron chi connectivity index (χ4n) is 2.55. The number of allylic oxidation sites excluding steroid dienone is 1. The Labute approximate surface area is 125 Å². The number of nitrogens with one attached hydrogen (secondary N) is 1. The third-order valence-electron chi connectivity index (χ3n) is 3.94. The van der Waals surface area contributed by atoms with Gasteiger partial charge in [0, 0.05) is 19.6 Å². The molecule has 0 spiro atoms. The molecule has 0 heterocycles. The van der Waals surface area contributed by atoms with Crippen LogP contribution in [0.4, 0.5) is 0 Å². The number of carbonyl (C=O) groups is 1. The van der Waals surface area contributed by atoms with Crippen molar-refractivity contribution < 1.29 is 4.79 Å². The first kappa shape index (κ1) is 19.0. The number of rotatable bonds is 5. The van der Waals surface area contributed by atoms with E-state index in [9.17, 15) is 4.79 Å². The fourth-order valence-corrected chi connectivity index (χ4v) is 2.55. The van der Waals surface area contributed by atoms with Gasteiger partial charge in [0.1, 0.15) is 0 Å². The van der Waals surface area contributed by atoms with E-state index in [-0.39, 0.29) is 5.91 Å². The molecule has 0 aromatic heterocycles. The average molecular weight is 282 g/mol. The zero-order valence-corrected chi connectivity index (χ0v) is 14.3. The average Bonchev–Trinajstić information content (AvgIpc) is 2.50. The van der Waals surface area contributed by atoms with Crippen LogP contribution in [0, 0.1) is 5.92 Å². The molecule has 0 bridgehead atoms. The number of amides is 1. The van der Waals surface area contributed by atoms with Crippen LogP contribution in [-0.4, -0.2) is 30.4 Å². The normalized spacial score (nSPS) is 22.6. The molecule has 3 heteroatoms. The quantitative estimate of drug-likeness (QED) is 0.774. The maximum Gasteiger partial charge on any atom is 0.269 e. The van der Waals surface area contributed by atoms with Gasteiger partial charge in [-0.2, -0.15) is 0 Å². The molecule has 118 valence electrons. The summed E-state index contributed by atoms with van der Waals surface area (Å²) in [6.45, 7) is 11.2. The SMILES string of the molecule is C/C=C(\NCCC)C(=O)N(C)C1CCC(C)CC1.CC. The molecule has 0 aromatic carbocycles. The van der Waals surface area contributed by atoms with Crippen LogP contribution in [0.3, 0.4) is 0 Å². The van der Waals surface area contributed by atoms with Crippen molar-refractivity contribution in [3.8, 4) is 0 Å². The molecule has 0 aromatic rings. The Bertz CT molecular complexity index is 291. The van der Waals surface area contributed by atoms with E-state index in [1.807, 2.05) is 38.8 Å². The maximum absolute atomic E-state index is 12.4. The summed E-state index contributed by atoms with van der Waals surface area (Å²) in [4.78, 5) is 14.3. The third kappa shape index (κ3) is 5.98. The van der Waals surface area contributed by atoms with Crippen molar-refractivity contribution >= 4 is 5.91 Å². The van der Waals surface area contributed by atoms with Gasteiger partial charge in [0.05, 0.1) is 5.70 Å². The van der Waals surface area contributed by atoms with Crippen LogP contribution in [0.25, 0.3) is 0 Å². The Morgan fingerprint density at radius 2 is 1.80 bits per heavy atom. The molecule has 1 rings (SSSR count). The molecule has 1 saturated carbocycles. The number of hydrogen-bond acceptors (Lipinski definition) is 2. The molecule has 1 amide bonds. The molecule has 1 fully saturated rings. The van der Waals surface area contributed by atoms with E-state index in [0.717, 1.165) is 37.4 Å². The largest absolute Gasteiger partial charge is 0.381 e. The van der Waals surface area contributed by atoms with Crippen LogP contribution < -0.4 is 5.32 Å². The summed E-state index contributed by atoms with van der Waals surface area (Å²) in [5.41, 5.74) is 0.748. The van der Waals surface area contributed by atoms with E-state index in [1.165, 1.54) is 12.8 Å². The molecule has 1 aliphatic carbocycles. The maximum atomic E-state index is 12.4. The second-order valence-corrected chi connectivity index (χ2v) is 5.46. The topological polar surface area (TPSA) is 32.3 Å². The lowest BCUT2D eigenvalue weighted by atomic mass is 9.86. The van der Waals surface area contributed by atoms with Gasteiger partial charge in [0.25, 0.3) is 5.91 Å². The molecule has 0 aliphatic heterocycles. The minimum absolute atomic E-state index is 0.144. The molecule has 0 radical (unpaired) electrons. The van der Waals surface area contributed by atoms with E-state index in [0.29, 0.717) is 6.04 Å². The van der Waals surface area contributed by atoms with Gasteiger partial charge >= 0.3 is 0 Å². The molecule has 3 nitrogen and oxygen atoms in total. The van der Waals surface area contributed by atoms with Gasteiger partial charge < -0.3 is 10.2 Å². The summed E-state index contributed by atoms with van der Waals surface area (Å²) in [6, 6.07) is 0.423. The highest BCUT2D eigenvalue weighted by molar-refractivity contribution is 5.92. The van der Waals surface area contributed by atoms with Crippen molar-refractivity contribution in [2.24, 2.45) is 5.92 Å². The highest BCUT2D eigenvalue weighted by Gasteiger charge is 2.26. The molecular formula is C17H34N2O. The van der Waals surface area contributed by atoms with Gasteiger partial charge in [-0.15, -0.1) is 0 Å². The number of likely N-dealkylation sites (N-methyl/N-ethyl adjacent to an activating group) is 1. The summed E-state index contributed by atoms with van der Waals surface area (Å²) in [6.07, 6.45) is 7.71. The molecule has 1 aliphatic rings. The predicted molar refractivity (Wildman–Crippen MR) is 87.6 cm³/mol. The summed E-state index contributed by atoms with van der Waals surface area (Å²) in [5.74, 6) is 0.967. The molecule has 0 unspecified atom stereocenters. The standard InChI is InChI=1S/C15H28N2O.C2H6/c1-5-11-16-14(6-2)15(18)17(4)13-9-7-12(3)8-10-13;1-2/h6,12-13,16H,5,7-11H2,1-4H3;1-2H3/b14-6-;. The Morgan fingerprint density at radius 1 is 1.25 bits per heavy atom. The lowest BCUT2D eigenvalue weighted by molar-refractivity contribution is -0.129. The third-order valence-corrected chi connectivity index (χ3v) is 3.94. The first-order valence-corrected chi connectivity index (χ1v) is 8.27. The van der Waals surface area contributed by atoms with Crippen LogP contribution in [0.5, 0.6) is 0 Å². The lowest BCUT2D eigenvalue weighted by Crippen LogP contribution is -2.42. The van der Waals surface area contributed by atoms with Gasteiger partial charge in [-0.1, -0.05) is 33.8 Å². The Hall–Kier alpha value is -0.990. The molecular weight excluding hydrogens is 248 g/mol. The predicted octanol–water partition coefficient (Wildman–Crippen LogP) is 3.95. The first-order valence-electron chi connectivity index (χ1n) is 8.27. The fraction of sp³-hybridized carbons (Fsp3) is 0.824. The summed E-state index contributed by atoms with van der Waals surface area (Å²) >= 11 is 0. The highest BCUT2D eigenvalue weighted by atomic mass is 16.2. The van der Waals surface area contributed by atoms with Crippen molar-refractivity contribution in [1.82, 2.24) is 10.2 Å². The van der Waals surface area contributed by atoms with Crippen molar-refractivity contribution in [2.75, 3.05) is 13.6 Å². The van der Waals surface area contributed by atoms with Crippen LogP contribution in [-0.2, 0) is 4.79 Å². The van der Waals surface area contributed by atoms with Crippen LogP contribution in [0.2, 0.25) is 0 Å². The van der Waals surface area contributed by atoms with Crippen LogP contribution in [0.1, 0.15) is 66.7 Å². The van der Waals surface area contributed by atoms with Gasteiger partial charge in [0.2, 0.25) is 0 Å². The van der Waals surface area contributed by atoms with E-state index in [4.69, 9.17) is 0 Å². The summed E-state index contributed by atoms with van der Waals surface area (Å²) in [5, 5.41) is 3.22. The van der Waals surface area contributed by atoms with Gasteiger partial charge in [-0.3, -0.25) is 4.79 Å². The Balaban J connectivity index is 0.00000172. The van der Waals surface area contributed by atoms with Crippen LogP contribution in [0.15, 0.2) is 11.8 Å². The molecule has 0 atom stereocenters. The Morgan fingerprint density at radius 3 is 2.25 bits per heavy atom. The highest BCUT2D eigenvalue weighted by Crippen LogP contribution is 2.26. The van der Waals surface area contributed by atoms with Gasteiger partial charge in [-0.05, 0) is 44.9 Å². The lowest BCUT2D eigenvalue weighted by Gasteiger charge is -2.34. The smallest absolute Gasteiger partial charge is 0.269 e.